The second kappa shape index (κ2) is 4.50. The molecule has 3 rings (SSSR count). The standard InChI is InChI=1S/C13H9ClN4O2/c14-8-3-1-2-7(6-8)9-4-5-10(12(19)20)18-11(9)16-13(15)17-18/h1-6H,(H2,15,17)(H,19,20). The van der Waals surface area contributed by atoms with E-state index in [9.17, 15) is 4.79 Å². The molecular weight excluding hydrogens is 280 g/mol. The summed E-state index contributed by atoms with van der Waals surface area (Å²) in [7, 11) is 0. The summed E-state index contributed by atoms with van der Waals surface area (Å²) in [6.45, 7) is 0. The van der Waals surface area contributed by atoms with E-state index < -0.39 is 5.97 Å². The summed E-state index contributed by atoms with van der Waals surface area (Å²) in [6.07, 6.45) is 0. The van der Waals surface area contributed by atoms with Gasteiger partial charge in [0.25, 0.3) is 0 Å². The number of hydrogen-bond acceptors (Lipinski definition) is 4. The number of benzene rings is 1. The fraction of sp³-hybridized carbons (Fsp3) is 0. The molecule has 0 aliphatic heterocycles. The highest BCUT2D eigenvalue weighted by Crippen LogP contribution is 2.27. The molecule has 0 aliphatic rings. The van der Waals surface area contributed by atoms with Crippen LogP contribution in [0.2, 0.25) is 5.02 Å². The van der Waals surface area contributed by atoms with Crippen LogP contribution < -0.4 is 5.73 Å². The van der Waals surface area contributed by atoms with Gasteiger partial charge in [0.05, 0.1) is 0 Å². The molecule has 0 spiro atoms. The van der Waals surface area contributed by atoms with E-state index in [1.165, 1.54) is 10.6 Å². The molecular formula is C13H9ClN4O2. The van der Waals surface area contributed by atoms with E-state index in [1.807, 2.05) is 6.07 Å². The number of carboxylic acid groups (broad SMARTS) is 1. The van der Waals surface area contributed by atoms with Gasteiger partial charge < -0.3 is 10.8 Å². The predicted molar refractivity (Wildman–Crippen MR) is 74.8 cm³/mol. The van der Waals surface area contributed by atoms with E-state index in [4.69, 9.17) is 22.4 Å². The first-order valence-corrected chi connectivity index (χ1v) is 6.08. The van der Waals surface area contributed by atoms with Gasteiger partial charge in [0.15, 0.2) is 11.3 Å². The highest BCUT2D eigenvalue weighted by Gasteiger charge is 2.15. The van der Waals surface area contributed by atoms with E-state index in [-0.39, 0.29) is 11.6 Å². The third-order valence-corrected chi connectivity index (χ3v) is 3.09. The molecule has 1 aromatic carbocycles. The lowest BCUT2D eigenvalue weighted by molar-refractivity contribution is 0.0687. The van der Waals surface area contributed by atoms with Gasteiger partial charge in [-0.2, -0.15) is 4.98 Å². The summed E-state index contributed by atoms with van der Waals surface area (Å²) in [5, 5.41) is 13.6. The second-order valence-corrected chi connectivity index (χ2v) is 4.59. The lowest BCUT2D eigenvalue weighted by atomic mass is 10.1. The van der Waals surface area contributed by atoms with Crippen LogP contribution in [-0.2, 0) is 0 Å². The van der Waals surface area contributed by atoms with Crippen LogP contribution >= 0.6 is 11.6 Å². The van der Waals surface area contributed by atoms with Crippen LogP contribution in [0.5, 0.6) is 0 Å². The number of carbonyl (C=O) groups is 1. The number of nitrogens with two attached hydrogens (primary N) is 1. The van der Waals surface area contributed by atoms with Crippen LogP contribution in [-0.4, -0.2) is 25.7 Å². The minimum atomic E-state index is -1.10. The average molecular weight is 289 g/mol. The molecule has 0 fully saturated rings. The molecule has 7 heteroatoms. The molecule has 0 unspecified atom stereocenters. The molecule has 100 valence electrons. The Balaban J connectivity index is 2.33. The zero-order valence-electron chi connectivity index (χ0n) is 10.1. The van der Waals surface area contributed by atoms with E-state index >= 15 is 0 Å². The average Bonchev–Trinajstić information content (AvgIpc) is 2.78. The number of hydrogen-bond donors (Lipinski definition) is 2. The highest BCUT2D eigenvalue weighted by molar-refractivity contribution is 6.30. The van der Waals surface area contributed by atoms with Crippen molar-refractivity contribution in [2.24, 2.45) is 0 Å². The maximum atomic E-state index is 11.2. The molecule has 0 atom stereocenters. The van der Waals surface area contributed by atoms with Crippen molar-refractivity contribution in [1.82, 2.24) is 14.6 Å². The Kier molecular flexibility index (Phi) is 2.80. The quantitative estimate of drug-likeness (QED) is 0.755. The number of nitrogen functional groups attached to an aromatic ring is 1. The van der Waals surface area contributed by atoms with Crippen LogP contribution in [0.1, 0.15) is 10.5 Å². The van der Waals surface area contributed by atoms with Gasteiger partial charge in [-0.25, -0.2) is 9.31 Å². The van der Waals surface area contributed by atoms with E-state index in [1.54, 1.807) is 24.3 Å². The zero-order valence-corrected chi connectivity index (χ0v) is 10.9. The molecule has 2 aromatic heterocycles. The SMILES string of the molecule is Nc1nc2c(-c3cccc(Cl)c3)ccc(C(=O)O)n2n1. The summed E-state index contributed by atoms with van der Waals surface area (Å²) >= 11 is 5.97. The Labute approximate surface area is 118 Å². The molecule has 0 amide bonds. The summed E-state index contributed by atoms with van der Waals surface area (Å²) in [5.74, 6) is -1.08. The third kappa shape index (κ3) is 1.96. The molecule has 2 heterocycles. The maximum absolute atomic E-state index is 11.2. The Hall–Kier alpha value is -2.60. The number of aromatic carboxylic acids is 1. The van der Waals surface area contributed by atoms with E-state index in [0.717, 1.165) is 5.56 Å². The Morgan fingerprint density at radius 1 is 1.30 bits per heavy atom. The van der Waals surface area contributed by atoms with Gasteiger partial charge in [0.1, 0.15) is 0 Å². The van der Waals surface area contributed by atoms with Gasteiger partial charge >= 0.3 is 5.97 Å². The first-order valence-electron chi connectivity index (χ1n) is 5.71. The van der Waals surface area contributed by atoms with Crippen LogP contribution in [0, 0.1) is 0 Å². The van der Waals surface area contributed by atoms with Crippen LogP contribution in [0.4, 0.5) is 5.95 Å². The van der Waals surface area contributed by atoms with Crippen LogP contribution in [0.3, 0.4) is 0 Å². The normalized spacial score (nSPS) is 10.8. The van der Waals surface area contributed by atoms with Crippen molar-refractivity contribution >= 4 is 29.2 Å². The second-order valence-electron chi connectivity index (χ2n) is 4.15. The van der Waals surface area contributed by atoms with Gasteiger partial charge in [-0.15, -0.1) is 5.10 Å². The first kappa shape index (κ1) is 12.4. The lowest BCUT2D eigenvalue weighted by Gasteiger charge is -2.05. The molecule has 6 nitrogen and oxygen atoms in total. The Morgan fingerprint density at radius 2 is 2.10 bits per heavy atom. The molecule has 0 aliphatic carbocycles. The third-order valence-electron chi connectivity index (χ3n) is 2.86. The summed E-state index contributed by atoms with van der Waals surface area (Å²) < 4.78 is 1.22. The maximum Gasteiger partial charge on any atom is 0.354 e. The Bertz CT molecular complexity index is 828. The zero-order chi connectivity index (χ0) is 14.3. The fourth-order valence-electron chi connectivity index (χ4n) is 2.02. The number of rotatable bonds is 2. The van der Waals surface area contributed by atoms with Gasteiger partial charge in [0, 0.05) is 10.6 Å². The predicted octanol–water partition coefficient (Wildman–Crippen LogP) is 2.33. The number of aromatic nitrogens is 3. The number of fused-ring (bicyclic) bond motifs is 1. The fourth-order valence-corrected chi connectivity index (χ4v) is 2.21. The van der Waals surface area contributed by atoms with Crippen LogP contribution in [0.15, 0.2) is 36.4 Å². The van der Waals surface area contributed by atoms with Gasteiger partial charge in [0.2, 0.25) is 5.95 Å². The van der Waals surface area contributed by atoms with E-state index in [0.29, 0.717) is 16.2 Å². The molecule has 3 N–H and O–H groups in total. The summed E-state index contributed by atoms with van der Waals surface area (Å²) in [6, 6.07) is 10.3. The van der Waals surface area contributed by atoms with Crippen molar-refractivity contribution in [3.63, 3.8) is 0 Å². The minimum Gasteiger partial charge on any atom is -0.477 e. The highest BCUT2D eigenvalue weighted by atomic mass is 35.5. The lowest BCUT2D eigenvalue weighted by Crippen LogP contribution is -2.07. The number of halogens is 1. The topological polar surface area (TPSA) is 93.5 Å². The molecule has 0 saturated heterocycles. The van der Waals surface area contributed by atoms with Crippen LogP contribution in [0.25, 0.3) is 16.8 Å². The largest absolute Gasteiger partial charge is 0.477 e. The van der Waals surface area contributed by atoms with Crippen molar-refractivity contribution in [2.45, 2.75) is 0 Å². The van der Waals surface area contributed by atoms with Gasteiger partial charge in [-0.3, -0.25) is 0 Å². The molecule has 0 saturated carbocycles. The summed E-state index contributed by atoms with van der Waals surface area (Å²) in [4.78, 5) is 15.3. The Morgan fingerprint density at radius 3 is 2.80 bits per heavy atom. The van der Waals surface area contributed by atoms with Crippen molar-refractivity contribution in [3.05, 3.63) is 47.1 Å². The van der Waals surface area contributed by atoms with Gasteiger partial charge in [-0.1, -0.05) is 23.7 Å². The number of pyridine rings is 1. The molecule has 3 aromatic rings. The molecule has 20 heavy (non-hydrogen) atoms. The first-order chi connectivity index (χ1) is 9.56. The van der Waals surface area contributed by atoms with Crippen molar-refractivity contribution < 1.29 is 9.90 Å². The van der Waals surface area contributed by atoms with Crippen molar-refractivity contribution in [1.29, 1.82) is 0 Å². The van der Waals surface area contributed by atoms with Gasteiger partial charge in [-0.05, 0) is 29.8 Å². The molecule has 0 radical (unpaired) electrons. The number of anilines is 1. The minimum absolute atomic E-state index is 0.00465. The monoisotopic (exact) mass is 288 g/mol. The number of nitrogens with zero attached hydrogens (tertiary/aromatic N) is 3. The summed E-state index contributed by atoms with van der Waals surface area (Å²) in [5.41, 5.74) is 7.47. The van der Waals surface area contributed by atoms with E-state index in [2.05, 4.69) is 10.1 Å². The molecule has 0 bridgehead atoms. The number of carboxylic acids is 1. The van der Waals surface area contributed by atoms with Crippen molar-refractivity contribution in [3.8, 4) is 11.1 Å². The van der Waals surface area contributed by atoms with Crippen molar-refractivity contribution in [2.75, 3.05) is 5.73 Å². The smallest absolute Gasteiger partial charge is 0.354 e.